The van der Waals surface area contributed by atoms with E-state index in [2.05, 4.69) is 15.0 Å². The fourth-order valence-electron chi connectivity index (χ4n) is 2.08. The largest absolute Gasteiger partial charge is 0.422 e. The van der Waals surface area contributed by atoms with Crippen LogP contribution in [0.25, 0.3) is 21.4 Å². The van der Waals surface area contributed by atoms with Crippen LogP contribution in [-0.2, 0) is 4.79 Å². The van der Waals surface area contributed by atoms with Crippen LogP contribution in [0.4, 0.5) is 0 Å². The van der Waals surface area contributed by atoms with E-state index in [1.807, 2.05) is 0 Å². The van der Waals surface area contributed by atoms with E-state index in [4.69, 9.17) is 9.95 Å². The fourth-order valence-corrected chi connectivity index (χ4v) is 2.91. The van der Waals surface area contributed by atoms with Gasteiger partial charge in [0.1, 0.15) is 16.2 Å². The summed E-state index contributed by atoms with van der Waals surface area (Å²) in [6, 6.07) is 6.73. The summed E-state index contributed by atoms with van der Waals surface area (Å²) in [4.78, 5) is 41.3. The van der Waals surface area contributed by atoms with Crippen LogP contribution in [-0.4, -0.2) is 22.6 Å². The van der Waals surface area contributed by atoms with Gasteiger partial charge >= 0.3 is 5.63 Å². The number of carbonyl (C=O) groups excluding carboxylic acids is 2. The van der Waals surface area contributed by atoms with E-state index < -0.39 is 17.4 Å². The molecular weight excluding hydrogens is 308 g/mol. The van der Waals surface area contributed by atoms with Gasteiger partial charge in [-0.25, -0.2) is 9.79 Å². The van der Waals surface area contributed by atoms with Crippen molar-refractivity contribution >= 4 is 39.6 Å². The Morgan fingerprint density at radius 2 is 2.09 bits per heavy atom. The van der Waals surface area contributed by atoms with Crippen molar-refractivity contribution in [2.45, 2.75) is 0 Å². The molecule has 2 aromatic rings. The summed E-state index contributed by atoms with van der Waals surface area (Å²) in [5.41, 5.74) is 7.98. The quantitative estimate of drug-likeness (QED) is 0.364. The first kappa shape index (κ1) is 14.1. The van der Waals surface area contributed by atoms with Gasteiger partial charge in [0.2, 0.25) is 5.91 Å². The second-order valence-corrected chi connectivity index (χ2v) is 5.19. The molecule has 2 amide bonds. The zero-order valence-corrected chi connectivity index (χ0v) is 11.7. The minimum atomic E-state index is -0.764. The van der Waals surface area contributed by atoms with Crippen LogP contribution in [0, 0.1) is 0 Å². The molecule has 0 saturated heterocycles. The molecule has 0 spiro atoms. The summed E-state index contributed by atoms with van der Waals surface area (Å²) in [5.74, 6) is -1.57. The van der Waals surface area contributed by atoms with Crippen LogP contribution in [0.5, 0.6) is 0 Å². The molecule has 0 N–H and O–H groups in total. The highest BCUT2D eigenvalue weighted by atomic mass is 32.2. The number of hydrogen-bond acceptors (Lipinski definition) is 5. The molecule has 2 heterocycles. The minimum Gasteiger partial charge on any atom is -0.422 e. The Balaban J connectivity index is 2.10. The Morgan fingerprint density at radius 3 is 2.86 bits per heavy atom. The van der Waals surface area contributed by atoms with Crippen molar-refractivity contribution in [1.29, 1.82) is 0 Å². The lowest BCUT2D eigenvalue weighted by atomic mass is 10.1. The van der Waals surface area contributed by atoms with Crippen LogP contribution in [0.15, 0.2) is 43.6 Å². The average molecular weight is 314 g/mol. The first-order valence-electron chi connectivity index (χ1n) is 6.02. The molecule has 0 aliphatic carbocycles. The standard InChI is InChI=1S/C13H6N4O4S/c14-17-16-8(18)5-22-12-9-6-3-1-2-4-7(6)21-13(20)10(9)11(19)15-12/h1-4H,5H2. The molecule has 108 valence electrons. The van der Waals surface area contributed by atoms with Gasteiger partial charge in [0.15, 0.2) is 0 Å². The van der Waals surface area contributed by atoms with Gasteiger partial charge in [0, 0.05) is 15.9 Å². The number of thioether (sulfide) groups is 1. The van der Waals surface area contributed by atoms with Gasteiger partial charge in [0.05, 0.1) is 5.75 Å². The molecule has 0 unspecified atom stereocenters. The maximum absolute atomic E-state index is 11.9. The van der Waals surface area contributed by atoms with E-state index in [-0.39, 0.29) is 16.4 Å². The van der Waals surface area contributed by atoms with Crippen molar-refractivity contribution in [2.75, 3.05) is 5.75 Å². The molecule has 1 aromatic carbocycles. The zero-order chi connectivity index (χ0) is 15.7. The molecule has 0 bridgehead atoms. The second-order valence-electron chi connectivity index (χ2n) is 4.23. The number of hydrogen-bond donors (Lipinski definition) is 0. The van der Waals surface area contributed by atoms with Crippen molar-refractivity contribution < 1.29 is 14.0 Å². The summed E-state index contributed by atoms with van der Waals surface area (Å²) in [6.07, 6.45) is 0. The monoisotopic (exact) mass is 314 g/mol. The fraction of sp³-hybridized carbons (Fsp3) is 0.0769. The van der Waals surface area contributed by atoms with Crippen LogP contribution in [0.2, 0.25) is 0 Å². The van der Waals surface area contributed by atoms with Gasteiger partial charge < -0.3 is 4.42 Å². The van der Waals surface area contributed by atoms with Gasteiger partial charge in [-0.05, 0) is 16.7 Å². The lowest BCUT2D eigenvalue weighted by Crippen LogP contribution is -2.13. The Bertz CT molecular complexity index is 956. The molecular formula is C13H6N4O4S. The van der Waals surface area contributed by atoms with Gasteiger partial charge in [0.25, 0.3) is 5.91 Å². The Labute approximate surface area is 126 Å². The van der Waals surface area contributed by atoms with Gasteiger partial charge in [-0.1, -0.05) is 30.0 Å². The third-order valence-corrected chi connectivity index (χ3v) is 3.89. The molecule has 9 heteroatoms. The lowest BCUT2D eigenvalue weighted by Gasteiger charge is -2.04. The summed E-state index contributed by atoms with van der Waals surface area (Å²) in [6.45, 7) is 0. The summed E-state index contributed by atoms with van der Waals surface area (Å²) in [5, 5.41) is 3.74. The van der Waals surface area contributed by atoms with E-state index in [0.29, 0.717) is 16.5 Å². The second kappa shape index (κ2) is 5.47. The van der Waals surface area contributed by atoms with E-state index in [9.17, 15) is 14.4 Å². The van der Waals surface area contributed by atoms with Crippen molar-refractivity contribution in [3.8, 4) is 0 Å². The lowest BCUT2D eigenvalue weighted by molar-refractivity contribution is -0.115. The first-order chi connectivity index (χ1) is 10.6. The maximum Gasteiger partial charge on any atom is 0.350 e. The van der Waals surface area contributed by atoms with Crippen molar-refractivity contribution in [3.05, 3.63) is 56.3 Å². The molecule has 0 saturated carbocycles. The topological polar surface area (TPSA) is 125 Å². The minimum absolute atomic E-state index is 0.141. The highest BCUT2D eigenvalue weighted by Gasteiger charge is 2.30. The van der Waals surface area contributed by atoms with E-state index in [0.717, 1.165) is 11.8 Å². The molecule has 0 fully saturated rings. The number of carbonyl (C=O) groups is 2. The average Bonchev–Trinajstić information content (AvgIpc) is 2.83. The van der Waals surface area contributed by atoms with Crippen molar-refractivity contribution in [1.82, 2.24) is 0 Å². The number of azide groups is 1. The Morgan fingerprint density at radius 1 is 1.32 bits per heavy atom. The van der Waals surface area contributed by atoms with Crippen LogP contribution in [0.3, 0.4) is 0 Å². The SMILES string of the molecule is [N-]=[N+]=NC(=O)CSC1=NC(=O)c2c1c1ccccc1oc2=O. The van der Waals surface area contributed by atoms with Gasteiger partial charge in [-0.2, -0.15) is 0 Å². The number of nitrogens with zero attached hydrogens (tertiary/aromatic N) is 4. The van der Waals surface area contributed by atoms with Crippen molar-refractivity contribution in [2.24, 2.45) is 10.1 Å². The molecule has 8 nitrogen and oxygen atoms in total. The number of amides is 2. The third kappa shape index (κ3) is 2.28. The predicted octanol–water partition coefficient (Wildman–Crippen LogP) is 2.26. The number of benzene rings is 1. The number of aliphatic imine (C=N–C) groups is 1. The molecule has 0 atom stereocenters. The molecule has 1 aromatic heterocycles. The zero-order valence-electron chi connectivity index (χ0n) is 10.8. The number of fused-ring (bicyclic) bond motifs is 3. The van der Waals surface area contributed by atoms with Gasteiger partial charge in [-0.15, -0.1) is 0 Å². The summed E-state index contributed by atoms with van der Waals surface area (Å²) >= 11 is 0.936. The van der Waals surface area contributed by atoms with Crippen LogP contribution in [0.1, 0.15) is 15.9 Å². The highest BCUT2D eigenvalue weighted by molar-refractivity contribution is 8.15. The smallest absolute Gasteiger partial charge is 0.350 e. The Kier molecular flexibility index (Phi) is 3.50. The van der Waals surface area contributed by atoms with Gasteiger partial charge in [-0.3, -0.25) is 9.59 Å². The van der Waals surface area contributed by atoms with E-state index in [1.165, 1.54) is 0 Å². The molecule has 1 aliphatic rings. The van der Waals surface area contributed by atoms with E-state index in [1.54, 1.807) is 24.3 Å². The highest BCUT2D eigenvalue weighted by Crippen LogP contribution is 2.29. The number of rotatable bonds is 2. The normalized spacial score (nSPS) is 12.7. The molecule has 3 rings (SSSR count). The van der Waals surface area contributed by atoms with E-state index >= 15 is 0 Å². The van der Waals surface area contributed by atoms with Crippen molar-refractivity contribution in [3.63, 3.8) is 0 Å². The van der Waals surface area contributed by atoms with Crippen LogP contribution >= 0.6 is 11.8 Å². The molecule has 1 aliphatic heterocycles. The van der Waals surface area contributed by atoms with Crippen LogP contribution < -0.4 is 5.63 Å². The molecule has 22 heavy (non-hydrogen) atoms. The Hall–Kier alpha value is -2.90. The molecule has 0 radical (unpaired) electrons. The number of para-hydroxylation sites is 1. The first-order valence-corrected chi connectivity index (χ1v) is 7.00. The predicted molar refractivity (Wildman–Crippen MR) is 80.0 cm³/mol. The maximum atomic E-state index is 11.9. The summed E-state index contributed by atoms with van der Waals surface area (Å²) in [7, 11) is 0. The summed E-state index contributed by atoms with van der Waals surface area (Å²) < 4.78 is 5.09. The third-order valence-electron chi connectivity index (χ3n) is 2.93.